The Morgan fingerprint density at radius 2 is 2.22 bits per heavy atom. The summed E-state index contributed by atoms with van der Waals surface area (Å²) in [6, 6.07) is 0. The molecule has 2 aliphatic rings. The first-order chi connectivity index (χ1) is 8.61. The van der Waals surface area contributed by atoms with E-state index in [0.717, 1.165) is 25.1 Å². The van der Waals surface area contributed by atoms with Crippen LogP contribution in [-0.2, 0) is 14.3 Å². The molecule has 0 aromatic rings. The van der Waals surface area contributed by atoms with E-state index in [0.29, 0.717) is 6.61 Å². The summed E-state index contributed by atoms with van der Waals surface area (Å²) in [5, 5.41) is 0. The number of carbonyl (C=O) groups is 1. The molecule has 2 heterocycles. The Hall–Kier alpha value is -1.29. The molecule has 0 aromatic heterocycles. The molecular weight excluding hydrogens is 230 g/mol. The Kier molecular flexibility index (Phi) is 4.07. The summed E-state index contributed by atoms with van der Waals surface area (Å²) in [5.41, 5.74) is 1.18. The number of nitrogens with zero attached hydrogens (tertiary/aromatic N) is 1. The summed E-state index contributed by atoms with van der Waals surface area (Å²) in [5.74, 6) is 0.879. The van der Waals surface area contributed by atoms with Gasteiger partial charge in [0, 0.05) is 6.20 Å². The van der Waals surface area contributed by atoms with Crippen molar-refractivity contribution < 1.29 is 14.3 Å². The first-order valence-corrected chi connectivity index (χ1v) is 6.57. The minimum absolute atomic E-state index is 0.00426. The van der Waals surface area contributed by atoms with Gasteiger partial charge in [-0.1, -0.05) is 6.92 Å². The van der Waals surface area contributed by atoms with Crippen molar-refractivity contribution >= 4 is 5.78 Å². The summed E-state index contributed by atoms with van der Waals surface area (Å²) in [6.07, 6.45) is 6.47. The number of ether oxygens (including phenoxy) is 2. The Morgan fingerprint density at radius 1 is 1.44 bits per heavy atom. The van der Waals surface area contributed by atoms with Crippen LogP contribution in [0.1, 0.15) is 40.0 Å². The molecule has 0 saturated carbocycles. The summed E-state index contributed by atoms with van der Waals surface area (Å²) in [4.78, 5) is 13.1. The summed E-state index contributed by atoms with van der Waals surface area (Å²) in [7, 11) is 0. The van der Waals surface area contributed by atoms with Crippen LogP contribution >= 0.6 is 0 Å². The molecule has 0 N–H and O–H groups in total. The highest BCUT2D eigenvalue weighted by atomic mass is 16.6. The Labute approximate surface area is 108 Å². The van der Waals surface area contributed by atoms with Gasteiger partial charge in [0.15, 0.2) is 11.7 Å². The lowest BCUT2D eigenvalue weighted by atomic mass is 10.2. The normalized spacial score (nSPS) is 30.3. The summed E-state index contributed by atoms with van der Waals surface area (Å²) >= 11 is 0. The molecule has 2 atom stereocenters. The largest absolute Gasteiger partial charge is 0.476 e. The second kappa shape index (κ2) is 5.57. The predicted octanol–water partition coefficient (Wildman–Crippen LogP) is 2.57. The lowest BCUT2D eigenvalue weighted by Crippen LogP contribution is -2.30. The number of hydrogen-bond acceptors (Lipinski definition) is 4. The van der Waals surface area contributed by atoms with Gasteiger partial charge in [-0.3, -0.25) is 9.69 Å². The van der Waals surface area contributed by atoms with Crippen molar-refractivity contribution in [3.8, 4) is 0 Å². The second-order valence-electron chi connectivity index (χ2n) is 4.87. The van der Waals surface area contributed by atoms with Crippen LogP contribution in [-0.4, -0.2) is 29.6 Å². The highest BCUT2D eigenvalue weighted by molar-refractivity contribution is 5.87. The standard InChI is InChI=1S/C14H21NO3/c1-4-10(2)14-15(8-7-11(3)16)13-6-5-12(18-13)9-17-14/h7-8,12-13H,4-6,9H2,1-3H3/b8-7-,14-10-/t12-,13+/m0/s1. The molecule has 18 heavy (non-hydrogen) atoms. The molecule has 0 aromatic carbocycles. The molecule has 4 heteroatoms. The topological polar surface area (TPSA) is 38.8 Å². The van der Waals surface area contributed by atoms with E-state index in [1.54, 1.807) is 19.2 Å². The van der Waals surface area contributed by atoms with Crippen molar-refractivity contribution in [2.24, 2.45) is 0 Å². The van der Waals surface area contributed by atoms with Crippen molar-refractivity contribution in [3.63, 3.8) is 0 Å². The first kappa shape index (κ1) is 13.1. The van der Waals surface area contributed by atoms with Crippen LogP contribution in [0.15, 0.2) is 23.7 Å². The molecule has 2 rings (SSSR count). The second-order valence-corrected chi connectivity index (χ2v) is 4.87. The van der Waals surface area contributed by atoms with E-state index < -0.39 is 0 Å². The third kappa shape index (κ3) is 2.75. The molecule has 2 fully saturated rings. The molecule has 0 unspecified atom stereocenters. The van der Waals surface area contributed by atoms with Gasteiger partial charge in [-0.2, -0.15) is 0 Å². The third-order valence-corrected chi connectivity index (χ3v) is 3.40. The average Bonchev–Trinajstić information content (AvgIpc) is 2.71. The Morgan fingerprint density at radius 3 is 2.89 bits per heavy atom. The molecule has 0 spiro atoms. The first-order valence-electron chi connectivity index (χ1n) is 6.57. The lowest BCUT2D eigenvalue weighted by molar-refractivity contribution is -0.112. The van der Waals surface area contributed by atoms with Crippen LogP contribution in [0.2, 0.25) is 0 Å². The van der Waals surface area contributed by atoms with Crippen LogP contribution in [0.5, 0.6) is 0 Å². The van der Waals surface area contributed by atoms with E-state index in [1.165, 1.54) is 5.57 Å². The van der Waals surface area contributed by atoms with Gasteiger partial charge in [0.2, 0.25) is 0 Å². The minimum atomic E-state index is 0.00426. The molecule has 0 aliphatic carbocycles. The number of rotatable bonds is 3. The fourth-order valence-corrected chi connectivity index (χ4v) is 2.23. The predicted molar refractivity (Wildman–Crippen MR) is 68.5 cm³/mol. The van der Waals surface area contributed by atoms with E-state index in [4.69, 9.17) is 9.47 Å². The third-order valence-electron chi connectivity index (χ3n) is 3.40. The molecule has 2 saturated heterocycles. The maximum absolute atomic E-state index is 11.1. The van der Waals surface area contributed by atoms with Gasteiger partial charge < -0.3 is 9.47 Å². The van der Waals surface area contributed by atoms with Gasteiger partial charge in [0.1, 0.15) is 12.8 Å². The minimum Gasteiger partial charge on any atom is -0.476 e. The number of hydrogen-bond donors (Lipinski definition) is 0. The molecule has 0 amide bonds. The molecular formula is C14H21NO3. The SMILES string of the molecule is CC/C(C)=C1\OC[C@@H]2CC[C@@H](O2)N1/C=C\C(C)=O. The van der Waals surface area contributed by atoms with Crippen LogP contribution in [0, 0.1) is 0 Å². The Bertz CT molecular complexity index is 387. The number of ketones is 1. The van der Waals surface area contributed by atoms with Crippen molar-refractivity contribution in [2.75, 3.05) is 6.61 Å². The van der Waals surface area contributed by atoms with Gasteiger partial charge >= 0.3 is 0 Å². The van der Waals surface area contributed by atoms with Gasteiger partial charge in [-0.25, -0.2) is 0 Å². The van der Waals surface area contributed by atoms with Gasteiger partial charge in [0.25, 0.3) is 0 Å². The Balaban J connectivity index is 2.28. The smallest absolute Gasteiger partial charge is 0.194 e. The van der Waals surface area contributed by atoms with E-state index in [9.17, 15) is 4.79 Å². The molecule has 2 aliphatic heterocycles. The summed E-state index contributed by atoms with van der Waals surface area (Å²) in [6.45, 7) is 6.31. The van der Waals surface area contributed by atoms with Crippen molar-refractivity contribution in [1.82, 2.24) is 4.90 Å². The number of fused-ring (bicyclic) bond motifs is 2. The molecule has 0 radical (unpaired) electrons. The molecule has 2 bridgehead atoms. The maximum Gasteiger partial charge on any atom is 0.194 e. The summed E-state index contributed by atoms with van der Waals surface area (Å²) < 4.78 is 11.7. The monoisotopic (exact) mass is 251 g/mol. The highest BCUT2D eigenvalue weighted by Gasteiger charge is 2.35. The van der Waals surface area contributed by atoms with Gasteiger partial charge in [0.05, 0.1) is 6.10 Å². The van der Waals surface area contributed by atoms with Gasteiger partial charge in [-0.05, 0) is 44.8 Å². The number of allylic oxidation sites excluding steroid dienone is 2. The zero-order chi connectivity index (χ0) is 13.1. The van der Waals surface area contributed by atoms with Crippen molar-refractivity contribution in [3.05, 3.63) is 23.7 Å². The fraction of sp³-hybridized carbons (Fsp3) is 0.643. The zero-order valence-corrected chi connectivity index (χ0v) is 11.3. The van der Waals surface area contributed by atoms with E-state index >= 15 is 0 Å². The highest BCUT2D eigenvalue weighted by Crippen LogP contribution is 2.32. The van der Waals surface area contributed by atoms with Crippen LogP contribution < -0.4 is 0 Å². The van der Waals surface area contributed by atoms with Crippen LogP contribution in [0.25, 0.3) is 0 Å². The van der Waals surface area contributed by atoms with E-state index in [1.807, 2.05) is 4.90 Å². The quantitative estimate of drug-likeness (QED) is 0.723. The van der Waals surface area contributed by atoms with Gasteiger partial charge in [-0.15, -0.1) is 0 Å². The van der Waals surface area contributed by atoms with E-state index in [2.05, 4.69) is 13.8 Å². The van der Waals surface area contributed by atoms with Crippen molar-refractivity contribution in [1.29, 1.82) is 0 Å². The molecule has 4 nitrogen and oxygen atoms in total. The maximum atomic E-state index is 11.1. The lowest BCUT2D eigenvalue weighted by Gasteiger charge is -2.28. The van der Waals surface area contributed by atoms with E-state index in [-0.39, 0.29) is 18.1 Å². The average molecular weight is 251 g/mol. The zero-order valence-electron chi connectivity index (χ0n) is 11.3. The number of carbonyl (C=O) groups excluding carboxylic acids is 1. The van der Waals surface area contributed by atoms with Crippen LogP contribution in [0.3, 0.4) is 0 Å². The van der Waals surface area contributed by atoms with Crippen LogP contribution in [0.4, 0.5) is 0 Å². The fourth-order valence-electron chi connectivity index (χ4n) is 2.23. The van der Waals surface area contributed by atoms with Crippen molar-refractivity contribution in [2.45, 2.75) is 52.4 Å². The molecule has 100 valence electrons.